The molecule has 7 nitrogen and oxygen atoms in total. The molecule has 1 aliphatic rings. The number of amides is 1. The molecule has 7 heteroatoms. The van der Waals surface area contributed by atoms with Crippen molar-refractivity contribution in [2.75, 3.05) is 19.8 Å². The third-order valence-corrected chi connectivity index (χ3v) is 3.51. The molecule has 0 bridgehead atoms. The van der Waals surface area contributed by atoms with Crippen LogP contribution in [0.15, 0.2) is 24.5 Å². The molecule has 0 spiro atoms. The van der Waals surface area contributed by atoms with Gasteiger partial charge in [0.2, 0.25) is 0 Å². The summed E-state index contributed by atoms with van der Waals surface area (Å²) in [5.74, 6) is -1.45. The number of ether oxygens (including phenoxy) is 1. The van der Waals surface area contributed by atoms with Gasteiger partial charge < -0.3 is 19.1 Å². The Kier molecular flexibility index (Phi) is 3.34. The molecule has 21 heavy (non-hydrogen) atoms. The number of aryl methyl sites for hydroxylation is 1. The molecule has 2 aromatic rings. The highest BCUT2D eigenvalue weighted by atomic mass is 16.5. The molecule has 0 radical (unpaired) electrons. The van der Waals surface area contributed by atoms with Crippen LogP contribution < -0.4 is 0 Å². The second kappa shape index (κ2) is 5.17. The highest BCUT2D eigenvalue weighted by molar-refractivity contribution is 5.95. The number of pyridine rings is 1. The molecule has 0 aromatic carbocycles. The fraction of sp³-hybridized carbons (Fsp3) is 0.357. The van der Waals surface area contributed by atoms with Gasteiger partial charge in [0.25, 0.3) is 5.91 Å². The second-order valence-corrected chi connectivity index (χ2v) is 5.02. The number of aromatic nitrogens is 2. The molecule has 1 amide bonds. The van der Waals surface area contributed by atoms with E-state index in [0.29, 0.717) is 12.3 Å². The zero-order valence-electron chi connectivity index (χ0n) is 11.5. The Morgan fingerprint density at radius 3 is 3.05 bits per heavy atom. The summed E-state index contributed by atoms with van der Waals surface area (Å²) < 4.78 is 6.88. The van der Waals surface area contributed by atoms with E-state index in [1.807, 2.05) is 25.3 Å². The molecule has 2 aromatic heterocycles. The molecule has 3 heterocycles. The SMILES string of the molecule is Cc1ccn2cc(C(=O)N3CCOCC3C(=O)O)nc2c1. The largest absolute Gasteiger partial charge is 0.480 e. The molecule has 3 rings (SSSR count). The van der Waals surface area contributed by atoms with Crippen LogP contribution in [0.4, 0.5) is 0 Å². The molecule has 1 atom stereocenters. The second-order valence-electron chi connectivity index (χ2n) is 5.02. The van der Waals surface area contributed by atoms with Crippen molar-refractivity contribution in [2.24, 2.45) is 0 Å². The minimum absolute atomic E-state index is 0.00749. The van der Waals surface area contributed by atoms with Crippen molar-refractivity contribution in [2.45, 2.75) is 13.0 Å². The van der Waals surface area contributed by atoms with E-state index in [1.165, 1.54) is 4.90 Å². The molecule has 0 saturated carbocycles. The molecule has 1 fully saturated rings. The number of carboxylic acids is 1. The van der Waals surface area contributed by atoms with Gasteiger partial charge in [-0.25, -0.2) is 9.78 Å². The van der Waals surface area contributed by atoms with Crippen LogP contribution in [0.2, 0.25) is 0 Å². The van der Waals surface area contributed by atoms with Gasteiger partial charge in [0.15, 0.2) is 6.04 Å². The van der Waals surface area contributed by atoms with E-state index >= 15 is 0 Å². The van der Waals surface area contributed by atoms with Gasteiger partial charge in [-0.05, 0) is 24.6 Å². The van der Waals surface area contributed by atoms with Crippen LogP contribution in [0.25, 0.3) is 5.65 Å². The Morgan fingerprint density at radius 1 is 1.48 bits per heavy atom. The summed E-state index contributed by atoms with van der Waals surface area (Å²) in [5.41, 5.74) is 1.95. The lowest BCUT2D eigenvalue weighted by atomic mass is 10.2. The standard InChI is InChI=1S/C14H15N3O4/c1-9-2-3-16-7-10(15-12(16)6-9)13(18)17-4-5-21-8-11(17)14(19)20/h2-3,6-7,11H,4-5,8H2,1H3,(H,19,20). The van der Waals surface area contributed by atoms with Gasteiger partial charge in [0.05, 0.1) is 13.2 Å². The minimum Gasteiger partial charge on any atom is -0.480 e. The van der Waals surface area contributed by atoms with E-state index in [9.17, 15) is 14.7 Å². The number of imidazole rings is 1. The van der Waals surface area contributed by atoms with Gasteiger partial charge in [0, 0.05) is 18.9 Å². The van der Waals surface area contributed by atoms with E-state index in [-0.39, 0.29) is 24.8 Å². The van der Waals surface area contributed by atoms with Gasteiger partial charge in [-0.3, -0.25) is 4.79 Å². The molecule has 1 saturated heterocycles. The molecular formula is C14H15N3O4. The summed E-state index contributed by atoms with van der Waals surface area (Å²) in [6.07, 6.45) is 3.44. The zero-order valence-corrected chi connectivity index (χ0v) is 11.5. The third kappa shape index (κ3) is 2.47. The van der Waals surface area contributed by atoms with Crippen molar-refractivity contribution >= 4 is 17.5 Å². The van der Waals surface area contributed by atoms with Gasteiger partial charge >= 0.3 is 5.97 Å². The number of aliphatic carboxylic acids is 1. The van der Waals surface area contributed by atoms with Gasteiger partial charge in [0.1, 0.15) is 11.3 Å². The quantitative estimate of drug-likeness (QED) is 0.873. The number of carboxylic acid groups (broad SMARTS) is 1. The highest BCUT2D eigenvalue weighted by Gasteiger charge is 2.34. The summed E-state index contributed by atoms with van der Waals surface area (Å²) >= 11 is 0. The summed E-state index contributed by atoms with van der Waals surface area (Å²) in [5, 5.41) is 9.18. The molecule has 1 aliphatic heterocycles. The Balaban J connectivity index is 1.93. The van der Waals surface area contributed by atoms with Crippen LogP contribution in [0.3, 0.4) is 0 Å². The number of nitrogens with zero attached hydrogens (tertiary/aromatic N) is 3. The van der Waals surface area contributed by atoms with Crippen LogP contribution >= 0.6 is 0 Å². The fourth-order valence-electron chi connectivity index (χ4n) is 2.39. The minimum atomic E-state index is -1.07. The average Bonchev–Trinajstić information content (AvgIpc) is 2.89. The summed E-state index contributed by atoms with van der Waals surface area (Å²) in [6.45, 7) is 2.54. The topological polar surface area (TPSA) is 84.1 Å². The van der Waals surface area contributed by atoms with Crippen molar-refractivity contribution in [3.05, 3.63) is 35.8 Å². The number of fused-ring (bicyclic) bond motifs is 1. The predicted molar refractivity (Wildman–Crippen MR) is 73.2 cm³/mol. The highest BCUT2D eigenvalue weighted by Crippen LogP contribution is 2.14. The zero-order chi connectivity index (χ0) is 15.0. The van der Waals surface area contributed by atoms with Crippen LogP contribution in [0.5, 0.6) is 0 Å². The van der Waals surface area contributed by atoms with Crippen LogP contribution in [-0.2, 0) is 9.53 Å². The monoisotopic (exact) mass is 289 g/mol. The van der Waals surface area contributed by atoms with Crippen molar-refractivity contribution < 1.29 is 19.4 Å². The maximum absolute atomic E-state index is 12.5. The molecular weight excluding hydrogens is 274 g/mol. The van der Waals surface area contributed by atoms with Crippen LogP contribution in [-0.4, -0.2) is 57.1 Å². The first-order chi connectivity index (χ1) is 10.1. The number of carbonyl (C=O) groups is 2. The predicted octanol–water partition coefficient (Wildman–Crippen LogP) is 0.568. The third-order valence-electron chi connectivity index (χ3n) is 3.51. The molecule has 0 aliphatic carbocycles. The van der Waals surface area contributed by atoms with E-state index in [1.54, 1.807) is 10.6 Å². The Bertz CT molecular complexity index is 709. The number of morpholine rings is 1. The molecule has 1 unspecified atom stereocenters. The summed E-state index contributed by atoms with van der Waals surface area (Å²) in [7, 11) is 0. The van der Waals surface area contributed by atoms with E-state index in [4.69, 9.17) is 4.74 Å². The number of carbonyl (C=O) groups excluding carboxylic acids is 1. The Hall–Kier alpha value is -2.41. The van der Waals surface area contributed by atoms with E-state index < -0.39 is 12.0 Å². The van der Waals surface area contributed by atoms with E-state index in [0.717, 1.165) is 5.56 Å². The first-order valence-electron chi connectivity index (χ1n) is 6.63. The van der Waals surface area contributed by atoms with Gasteiger partial charge in [-0.15, -0.1) is 0 Å². The lowest BCUT2D eigenvalue weighted by Crippen LogP contribution is -2.52. The Labute approximate surface area is 120 Å². The van der Waals surface area contributed by atoms with E-state index in [2.05, 4.69) is 4.98 Å². The summed E-state index contributed by atoms with van der Waals surface area (Å²) in [6, 6.07) is 2.82. The Morgan fingerprint density at radius 2 is 2.29 bits per heavy atom. The van der Waals surface area contributed by atoms with Gasteiger partial charge in [-0.2, -0.15) is 0 Å². The summed E-state index contributed by atoms with van der Waals surface area (Å²) in [4.78, 5) is 29.3. The first kappa shape index (κ1) is 13.6. The molecule has 110 valence electrons. The maximum atomic E-state index is 12.5. The van der Waals surface area contributed by atoms with Crippen molar-refractivity contribution in [1.29, 1.82) is 0 Å². The fourth-order valence-corrected chi connectivity index (χ4v) is 2.39. The van der Waals surface area contributed by atoms with Crippen molar-refractivity contribution in [3.63, 3.8) is 0 Å². The molecule has 1 N–H and O–H groups in total. The first-order valence-corrected chi connectivity index (χ1v) is 6.63. The van der Waals surface area contributed by atoms with Crippen LogP contribution in [0.1, 0.15) is 16.1 Å². The van der Waals surface area contributed by atoms with Crippen LogP contribution in [0, 0.1) is 6.92 Å². The number of hydrogen-bond donors (Lipinski definition) is 1. The van der Waals surface area contributed by atoms with Crippen molar-refractivity contribution in [3.8, 4) is 0 Å². The van der Waals surface area contributed by atoms with Crippen molar-refractivity contribution in [1.82, 2.24) is 14.3 Å². The number of hydrogen-bond acceptors (Lipinski definition) is 4. The lowest BCUT2D eigenvalue weighted by molar-refractivity contribution is -0.147. The van der Waals surface area contributed by atoms with Gasteiger partial charge in [-0.1, -0.05) is 0 Å². The lowest BCUT2D eigenvalue weighted by Gasteiger charge is -2.32. The normalized spacial score (nSPS) is 18.9. The maximum Gasteiger partial charge on any atom is 0.328 e. The smallest absolute Gasteiger partial charge is 0.328 e. The average molecular weight is 289 g/mol. The number of rotatable bonds is 2.